The number of aromatic nitrogens is 1. The maximum absolute atomic E-state index is 10.7. The second-order valence-electron chi connectivity index (χ2n) is 6.18. The van der Waals surface area contributed by atoms with Crippen LogP contribution in [0.3, 0.4) is 0 Å². The number of nitrogens with zero attached hydrogens (tertiary/aromatic N) is 4. The summed E-state index contributed by atoms with van der Waals surface area (Å²) >= 11 is 1.66. The number of thiazole rings is 1. The standard InChI is InChI=1S/C18H24N6O2S/c19-16(25)13-26-15-3-1-14(2-4-15)5-6-21-17(20)23-8-10-24(11-9-23)18-22-7-12-27-18/h1-4,7,12H,5-6,8-11,13H2,(H2,19,25)(H2,20,21). The van der Waals surface area contributed by atoms with Crippen molar-refractivity contribution < 1.29 is 9.53 Å². The summed E-state index contributed by atoms with van der Waals surface area (Å²) in [6.45, 7) is 4.00. The van der Waals surface area contributed by atoms with E-state index in [2.05, 4.69) is 19.8 Å². The zero-order valence-electron chi connectivity index (χ0n) is 15.1. The number of ether oxygens (including phenoxy) is 1. The Hall–Kier alpha value is -2.81. The maximum atomic E-state index is 10.7. The number of hydrogen-bond acceptors (Lipinski definition) is 6. The number of rotatable bonds is 7. The number of anilines is 1. The molecule has 1 aliphatic heterocycles. The first-order valence-corrected chi connectivity index (χ1v) is 9.69. The molecule has 0 bridgehead atoms. The first kappa shape index (κ1) is 19.0. The predicted molar refractivity (Wildman–Crippen MR) is 107 cm³/mol. The molecule has 0 saturated carbocycles. The highest BCUT2D eigenvalue weighted by Crippen LogP contribution is 2.18. The minimum absolute atomic E-state index is 0.115. The lowest BCUT2D eigenvalue weighted by Gasteiger charge is -2.35. The predicted octanol–water partition coefficient (Wildman–Crippen LogP) is 0.687. The molecule has 8 nitrogen and oxygen atoms in total. The van der Waals surface area contributed by atoms with Crippen LogP contribution in [0.1, 0.15) is 5.56 Å². The van der Waals surface area contributed by atoms with Crippen LogP contribution in [0.2, 0.25) is 0 Å². The van der Waals surface area contributed by atoms with Crippen molar-refractivity contribution in [1.82, 2.24) is 9.88 Å². The fourth-order valence-corrected chi connectivity index (χ4v) is 3.50. The van der Waals surface area contributed by atoms with Gasteiger partial charge in [0.25, 0.3) is 5.91 Å². The molecule has 4 N–H and O–H groups in total. The molecule has 1 amide bonds. The monoisotopic (exact) mass is 388 g/mol. The molecule has 1 aliphatic rings. The lowest BCUT2D eigenvalue weighted by atomic mass is 10.1. The number of aliphatic imine (C=N–C) groups is 1. The van der Waals surface area contributed by atoms with E-state index in [9.17, 15) is 4.79 Å². The smallest absolute Gasteiger partial charge is 0.255 e. The zero-order chi connectivity index (χ0) is 19.1. The maximum Gasteiger partial charge on any atom is 0.255 e. The first-order valence-electron chi connectivity index (χ1n) is 8.81. The van der Waals surface area contributed by atoms with Crippen LogP contribution in [0.25, 0.3) is 0 Å². The van der Waals surface area contributed by atoms with Crippen LogP contribution in [0.4, 0.5) is 5.13 Å². The van der Waals surface area contributed by atoms with Gasteiger partial charge in [-0.3, -0.25) is 9.79 Å². The largest absolute Gasteiger partial charge is 0.484 e. The van der Waals surface area contributed by atoms with E-state index in [1.807, 2.05) is 35.8 Å². The zero-order valence-corrected chi connectivity index (χ0v) is 15.9. The van der Waals surface area contributed by atoms with Gasteiger partial charge < -0.3 is 26.0 Å². The molecule has 0 atom stereocenters. The van der Waals surface area contributed by atoms with Gasteiger partial charge in [-0.15, -0.1) is 11.3 Å². The molecule has 1 aromatic heterocycles. The van der Waals surface area contributed by atoms with Gasteiger partial charge in [0.05, 0.1) is 0 Å². The molecule has 1 fully saturated rings. The number of benzene rings is 1. The van der Waals surface area contributed by atoms with Gasteiger partial charge in [-0.05, 0) is 24.1 Å². The van der Waals surface area contributed by atoms with Crippen molar-refractivity contribution in [2.45, 2.75) is 6.42 Å². The summed E-state index contributed by atoms with van der Waals surface area (Å²) in [5.74, 6) is 0.727. The Labute approximate surface area is 162 Å². The molecule has 2 aromatic rings. The van der Waals surface area contributed by atoms with Crippen LogP contribution in [-0.2, 0) is 11.2 Å². The highest BCUT2D eigenvalue weighted by molar-refractivity contribution is 7.13. The average Bonchev–Trinajstić information content (AvgIpc) is 3.22. The van der Waals surface area contributed by atoms with E-state index in [0.29, 0.717) is 18.3 Å². The minimum atomic E-state index is -0.489. The lowest BCUT2D eigenvalue weighted by molar-refractivity contribution is -0.119. The summed E-state index contributed by atoms with van der Waals surface area (Å²) in [5.41, 5.74) is 12.3. The fourth-order valence-electron chi connectivity index (χ4n) is 2.81. The molecule has 0 unspecified atom stereocenters. The van der Waals surface area contributed by atoms with E-state index in [1.54, 1.807) is 11.3 Å². The van der Waals surface area contributed by atoms with Crippen molar-refractivity contribution in [3.63, 3.8) is 0 Å². The number of guanidine groups is 1. The van der Waals surface area contributed by atoms with Crippen LogP contribution in [-0.4, -0.2) is 61.1 Å². The van der Waals surface area contributed by atoms with E-state index in [0.717, 1.165) is 43.3 Å². The molecular weight excluding hydrogens is 364 g/mol. The summed E-state index contributed by atoms with van der Waals surface area (Å²) in [4.78, 5) is 24.0. The van der Waals surface area contributed by atoms with E-state index >= 15 is 0 Å². The lowest BCUT2D eigenvalue weighted by Crippen LogP contribution is -2.51. The van der Waals surface area contributed by atoms with Crippen molar-refractivity contribution in [1.29, 1.82) is 0 Å². The second kappa shape index (κ2) is 9.22. The molecule has 1 saturated heterocycles. The van der Waals surface area contributed by atoms with Gasteiger partial charge in [-0.1, -0.05) is 12.1 Å². The van der Waals surface area contributed by atoms with E-state index in [4.69, 9.17) is 16.2 Å². The highest BCUT2D eigenvalue weighted by atomic mass is 32.1. The summed E-state index contributed by atoms with van der Waals surface area (Å²) < 4.78 is 5.24. The van der Waals surface area contributed by atoms with E-state index in [1.165, 1.54) is 0 Å². The average molecular weight is 388 g/mol. The molecule has 3 rings (SSSR count). The summed E-state index contributed by atoms with van der Waals surface area (Å²) in [5, 5.41) is 3.06. The van der Waals surface area contributed by atoms with Gasteiger partial charge >= 0.3 is 0 Å². The number of nitrogens with two attached hydrogens (primary N) is 2. The summed E-state index contributed by atoms with van der Waals surface area (Å²) in [6.07, 6.45) is 2.62. The topological polar surface area (TPSA) is 110 Å². The second-order valence-corrected chi connectivity index (χ2v) is 7.05. The first-order chi connectivity index (χ1) is 13.1. The Morgan fingerprint density at radius 1 is 1.19 bits per heavy atom. The molecule has 2 heterocycles. The Kier molecular flexibility index (Phi) is 6.48. The Bertz CT molecular complexity index is 755. The van der Waals surface area contributed by atoms with Gasteiger partial charge in [-0.25, -0.2) is 4.98 Å². The van der Waals surface area contributed by atoms with Crippen LogP contribution in [0.15, 0.2) is 40.8 Å². The summed E-state index contributed by atoms with van der Waals surface area (Å²) in [6, 6.07) is 7.55. The Morgan fingerprint density at radius 2 is 1.93 bits per heavy atom. The number of amides is 1. The molecule has 1 aromatic carbocycles. The normalized spacial score (nSPS) is 15.0. The third-order valence-electron chi connectivity index (χ3n) is 4.27. The van der Waals surface area contributed by atoms with Crippen molar-refractivity contribution in [2.24, 2.45) is 16.5 Å². The molecule has 0 spiro atoms. The van der Waals surface area contributed by atoms with Crippen LogP contribution in [0, 0.1) is 0 Å². The number of hydrogen-bond donors (Lipinski definition) is 2. The van der Waals surface area contributed by atoms with Crippen molar-refractivity contribution in [3.05, 3.63) is 41.4 Å². The van der Waals surface area contributed by atoms with Gasteiger partial charge in [0.15, 0.2) is 17.7 Å². The molecule has 144 valence electrons. The molecule has 9 heteroatoms. The minimum Gasteiger partial charge on any atom is -0.484 e. The summed E-state index contributed by atoms with van der Waals surface area (Å²) in [7, 11) is 0. The van der Waals surface area contributed by atoms with Gasteiger partial charge in [0, 0.05) is 44.3 Å². The molecule has 0 aliphatic carbocycles. The van der Waals surface area contributed by atoms with Crippen LogP contribution in [0.5, 0.6) is 5.75 Å². The Morgan fingerprint density at radius 3 is 2.56 bits per heavy atom. The quantitative estimate of drug-likeness (QED) is 0.533. The SMILES string of the molecule is NC(=O)COc1ccc(CCN=C(N)N2CCN(c3nccs3)CC2)cc1. The van der Waals surface area contributed by atoms with Gasteiger partial charge in [-0.2, -0.15) is 0 Å². The van der Waals surface area contributed by atoms with Gasteiger partial charge in [0.1, 0.15) is 5.75 Å². The number of piperazine rings is 1. The van der Waals surface area contributed by atoms with E-state index in [-0.39, 0.29) is 6.61 Å². The van der Waals surface area contributed by atoms with Crippen molar-refractivity contribution in [3.8, 4) is 5.75 Å². The van der Waals surface area contributed by atoms with Crippen LogP contribution < -0.4 is 21.1 Å². The van der Waals surface area contributed by atoms with E-state index < -0.39 is 5.91 Å². The molecule has 0 radical (unpaired) electrons. The van der Waals surface area contributed by atoms with Crippen molar-refractivity contribution >= 4 is 28.3 Å². The Balaban J connectivity index is 1.42. The number of carbonyl (C=O) groups is 1. The van der Waals surface area contributed by atoms with Crippen molar-refractivity contribution in [2.75, 3.05) is 44.2 Å². The molecule has 27 heavy (non-hydrogen) atoms. The number of primary amides is 1. The van der Waals surface area contributed by atoms with Gasteiger partial charge in [0.2, 0.25) is 0 Å². The van der Waals surface area contributed by atoms with Crippen LogP contribution >= 0.6 is 11.3 Å². The molecular formula is C18H24N6O2S. The number of carbonyl (C=O) groups excluding carboxylic acids is 1. The third kappa shape index (κ3) is 5.58. The highest BCUT2D eigenvalue weighted by Gasteiger charge is 2.19. The third-order valence-corrected chi connectivity index (χ3v) is 5.10. The fraction of sp³-hybridized carbons (Fsp3) is 0.389.